The Kier molecular flexibility index (Phi) is 3.69. The Morgan fingerprint density at radius 1 is 0.958 bits per heavy atom. The molecular formula is C19H19N3O2. The van der Waals surface area contributed by atoms with Crippen molar-refractivity contribution in [1.82, 2.24) is 5.32 Å². The zero-order valence-electron chi connectivity index (χ0n) is 13.3. The molecule has 0 spiro atoms. The van der Waals surface area contributed by atoms with Crippen LogP contribution in [0.3, 0.4) is 0 Å². The van der Waals surface area contributed by atoms with E-state index in [1.165, 1.54) is 5.56 Å². The summed E-state index contributed by atoms with van der Waals surface area (Å²) in [7, 11) is 0. The van der Waals surface area contributed by atoms with E-state index in [0.29, 0.717) is 22.9 Å². The highest BCUT2D eigenvalue weighted by Crippen LogP contribution is 2.23. The molecular weight excluding hydrogens is 302 g/mol. The van der Waals surface area contributed by atoms with E-state index >= 15 is 0 Å². The molecule has 1 aliphatic carbocycles. The molecule has 5 heteroatoms. The van der Waals surface area contributed by atoms with Crippen molar-refractivity contribution in [1.29, 1.82) is 0 Å². The number of amides is 2. The predicted molar refractivity (Wildman–Crippen MR) is 93.5 cm³/mol. The first-order chi connectivity index (χ1) is 11.7. The molecule has 2 aromatic rings. The third-order valence-electron chi connectivity index (χ3n) is 4.39. The first-order valence-electron chi connectivity index (χ1n) is 8.28. The van der Waals surface area contributed by atoms with Crippen molar-refractivity contribution in [2.45, 2.75) is 25.3 Å². The SMILES string of the molecule is O=C(Nc1ccc(C(=O)NC2CC2)cc1)c1ccc2c(c1)CCN2. The first kappa shape index (κ1) is 14.8. The third kappa shape index (κ3) is 3.11. The molecule has 0 bridgehead atoms. The molecule has 2 aliphatic rings. The fraction of sp³-hybridized carbons (Fsp3) is 0.263. The molecule has 1 aliphatic heterocycles. The molecule has 5 nitrogen and oxygen atoms in total. The Bertz CT molecular complexity index is 795. The van der Waals surface area contributed by atoms with Gasteiger partial charge in [-0.25, -0.2) is 0 Å². The van der Waals surface area contributed by atoms with Crippen molar-refractivity contribution in [3.63, 3.8) is 0 Å². The van der Waals surface area contributed by atoms with Crippen LogP contribution in [0.15, 0.2) is 42.5 Å². The monoisotopic (exact) mass is 321 g/mol. The maximum absolute atomic E-state index is 12.4. The molecule has 122 valence electrons. The maximum Gasteiger partial charge on any atom is 0.255 e. The van der Waals surface area contributed by atoms with Gasteiger partial charge in [-0.05, 0) is 67.3 Å². The van der Waals surface area contributed by atoms with Crippen molar-refractivity contribution in [3.05, 3.63) is 59.2 Å². The van der Waals surface area contributed by atoms with Gasteiger partial charge >= 0.3 is 0 Å². The molecule has 2 aromatic carbocycles. The molecule has 0 aromatic heterocycles. The molecule has 2 amide bonds. The van der Waals surface area contributed by atoms with Gasteiger partial charge in [0.2, 0.25) is 0 Å². The molecule has 1 fully saturated rings. The van der Waals surface area contributed by atoms with Crippen LogP contribution in [0.25, 0.3) is 0 Å². The van der Waals surface area contributed by atoms with Gasteiger partial charge in [-0.2, -0.15) is 0 Å². The number of fused-ring (bicyclic) bond motifs is 1. The molecule has 0 atom stereocenters. The number of carbonyl (C=O) groups excluding carboxylic acids is 2. The summed E-state index contributed by atoms with van der Waals surface area (Å²) < 4.78 is 0. The van der Waals surface area contributed by atoms with E-state index in [1.807, 2.05) is 18.2 Å². The lowest BCUT2D eigenvalue weighted by Gasteiger charge is -2.08. The van der Waals surface area contributed by atoms with Crippen LogP contribution in [0.2, 0.25) is 0 Å². The van der Waals surface area contributed by atoms with Gasteiger partial charge in [-0.1, -0.05) is 0 Å². The van der Waals surface area contributed by atoms with Gasteiger partial charge in [0.05, 0.1) is 0 Å². The molecule has 3 N–H and O–H groups in total. The van der Waals surface area contributed by atoms with E-state index in [-0.39, 0.29) is 11.8 Å². The van der Waals surface area contributed by atoms with Crippen molar-refractivity contribution in [2.75, 3.05) is 17.2 Å². The number of hydrogen-bond donors (Lipinski definition) is 3. The Hall–Kier alpha value is -2.82. The smallest absolute Gasteiger partial charge is 0.255 e. The van der Waals surface area contributed by atoms with E-state index in [9.17, 15) is 9.59 Å². The third-order valence-corrected chi connectivity index (χ3v) is 4.39. The zero-order valence-corrected chi connectivity index (χ0v) is 13.3. The summed E-state index contributed by atoms with van der Waals surface area (Å²) in [5.41, 5.74) is 4.23. The van der Waals surface area contributed by atoms with Gasteiger partial charge < -0.3 is 16.0 Å². The predicted octanol–water partition coefficient (Wildman–Crippen LogP) is 2.80. The fourth-order valence-electron chi connectivity index (χ4n) is 2.85. The van der Waals surface area contributed by atoms with Gasteiger partial charge in [-0.15, -0.1) is 0 Å². The molecule has 1 heterocycles. The molecule has 0 unspecified atom stereocenters. The second-order valence-electron chi connectivity index (χ2n) is 6.33. The van der Waals surface area contributed by atoms with Crippen molar-refractivity contribution in [3.8, 4) is 0 Å². The lowest BCUT2D eigenvalue weighted by Crippen LogP contribution is -2.25. The van der Waals surface area contributed by atoms with Crippen molar-refractivity contribution >= 4 is 23.2 Å². The average molecular weight is 321 g/mol. The largest absolute Gasteiger partial charge is 0.384 e. The number of rotatable bonds is 4. The summed E-state index contributed by atoms with van der Waals surface area (Å²) in [4.78, 5) is 24.3. The van der Waals surface area contributed by atoms with Crippen LogP contribution < -0.4 is 16.0 Å². The Morgan fingerprint density at radius 2 is 1.71 bits per heavy atom. The van der Waals surface area contributed by atoms with Crippen LogP contribution in [0.4, 0.5) is 11.4 Å². The lowest BCUT2D eigenvalue weighted by atomic mass is 10.1. The van der Waals surface area contributed by atoms with Gasteiger partial charge in [0.15, 0.2) is 0 Å². The number of hydrogen-bond acceptors (Lipinski definition) is 3. The van der Waals surface area contributed by atoms with Crippen LogP contribution in [0.1, 0.15) is 39.1 Å². The molecule has 1 saturated carbocycles. The van der Waals surface area contributed by atoms with Crippen molar-refractivity contribution in [2.24, 2.45) is 0 Å². The minimum atomic E-state index is -0.139. The number of benzene rings is 2. The van der Waals surface area contributed by atoms with Gasteiger partial charge in [0, 0.05) is 35.1 Å². The maximum atomic E-state index is 12.4. The minimum absolute atomic E-state index is 0.0542. The molecule has 0 radical (unpaired) electrons. The highest BCUT2D eigenvalue weighted by Gasteiger charge is 2.23. The van der Waals surface area contributed by atoms with Crippen LogP contribution in [0.5, 0.6) is 0 Å². The standard InChI is InChI=1S/C19H19N3O2/c23-18(21-16-6-7-16)12-1-4-15(5-2-12)22-19(24)14-3-8-17-13(11-14)9-10-20-17/h1-5,8,11,16,20H,6-7,9-10H2,(H,21,23)(H,22,24). The number of anilines is 2. The van der Waals surface area contributed by atoms with Crippen LogP contribution in [-0.2, 0) is 6.42 Å². The second kappa shape index (κ2) is 6.00. The fourth-order valence-corrected chi connectivity index (χ4v) is 2.85. The summed E-state index contributed by atoms with van der Waals surface area (Å²) >= 11 is 0. The first-order valence-corrected chi connectivity index (χ1v) is 8.28. The normalized spacial score (nSPS) is 15.3. The summed E-state index contributed by atoms with van der Waals surface area (Å²) in [5, 5.41) is 9.11. The Balaban J connectivity index is 1.42. The minimum Gasteiger partial charge on any atom is -0.384 e. The molecule has 4 rings (SSSR count). The number of nitrogens with one attached hydrogen (secondary N) is 3. The molecule has 24 heavy (non-hydrogen) atoms. The number of carbonyl (C=O) groups is 2. The van der Waals surface area contributed by atoms with Crippen LogP contribution in [-0.4, -0.2) is 24.4 Å². The topological polar surface area (TPSA) is 70.2 Å². The quantitative estimate of drug-likeness (QED) is 0.811. The summed E-state index contributed by atoms with van der Waals surface area (Å²) in [6, 6.07) is 13.0. The highest BCUT2D eigenvalue weighted by atomic mass is 16.2. The van der Waals surface area contributed by atoms with Crippen molar-refractivity contribution < 1.29 is 9.59 Å². The van der Waals surface area contributed by atoms with Crippen LogP contribution in [0, 0.1) is 0 Å². The lowest BCUT2D eigenvalue weighted by molar-refractivity contribution is 0.0950. The van der Waals surface area contributed by atoms with E-state index in [4.69, 9.17) is 0 Å². The van der Waals surface area contributed by atoms with Gasteiger partial charge in [0.25, 0.3) is 11.8 Å². The van der Waals surface area contributed by atoms with Gasteiger partial charge in [0.1, 0.15) is 0 Å². The van der Waals surface area contributed by atoms with E-state index in [0.717, 1.165) is 31.5 Å². The van der Waals surface area contributed by atoms with E-state index in [2.05, 4.69) is 16.0 Å². The summed E-state index contributed by atoms with van der Waals surface area (Å²) in [5.74, 6) is -0.193. The highest BCUT2D eigenvalue weighted by molar-refractivity contribution is 6.05. The summed E-state index contributed by atoms with van der Waals surface area (Å²) in [6.45, 7) is 0.921. The second-order valence-corrected chi connectivity index (χ2v) is 6.33. The van der Waals surface area contributed by atoms with E-state index < -0.39 is 0 Å². The van der Waals surface area contributed by atoms with Gasteiger partial charge in [-0.3, -0.25) is 9.59 Å². The molecule has 0 saturated heterocycles. The Labute approximate surface area is 140 Å². The average Bonchev–Trinajstić information content (AvgIpc) is 3.28. The van der Waals surface area contributed by atoms with Crippen LogP contribution >= 0.6 is 0 Å². The zero-order chi connectivity index (χ0) is 16.5. The van der Waals surface area contributed by atoms with E-state index in [1.54, 1.807) is 24.3 Å². The summed E-state index contributed by atoms with van der Waals surface area (Å²) in [6.07, 6.45) is 3.08. The Morgan fingerprint density at radius 3 is 2.46 bits per heavy atom.